The van der Waals surface area contributed by atoms with Crippen LogP contribution >= 0.6 is 11.6 Å². The SMILES string of the molecule is CC[C@H](C)NC(=O)[C@H](Cc1ccccc1)N(Cc1ccc(Cl)cc1)C(=O)CN(c1ccc2c(c1)OCCO2)S(=O)(=O)c1ccccc1. The van der Waals surface area contributed by atoms with Crippen LogP contribution in [-0.2, 0) is 32.6 Å². The Labute approximate surface area is 281 Å². The molecule has 0 saturated carbocycles. The molecule has 47 heavy (non-hydrogen) atoms. The van der Waals surface area contributed by atoms with Gasteiger partial charge < -0.3 is 19.7 Å². The highest BCUT2D eigenvalue weighted by molar-refractivity contribution is 7.92. The molecule has 2 atom stereocenters. The van der Waals surface area contributed by atoms with Gasteiger partial charge in [0.2, 0.25) is 11.8 Å². The number of hydrogen-bond donors (Lipinski definition) is 1. The third-order valence-corrected chi connectivity index (χ3v) is 10.0. The van der Waals surface area contributed by atoms with Crippen molar-refractivity contribution in [2.75, 3.05) is 24.1 Å². The lowest BCUT2D eigenvalue weighted by Gasteiger charge is -2.34. The molecule has 0 unspecified atom stereocenters. The summed E-state index contributed by atoms with van der Waals surface area (Å²) in [5, 5.41) is 3.57. The van der Waals surface area contributed by atoms with Crippen LogP contribution in [0, 0.1) is 0 Å². The summed E-state index contributed by atoms with van der Waals surface area (Å²) in [6.07, 6.45) is 0.917. The smallest absolute Gasteiger partial charge is 0.264 e. The molecule has 0 fully saturated rings. The van der Waals surface area contributed by atoms with Crippen molar-refractivity contribution in [2.45, 2.75) is 50.2 Å². The van der Waals surface area contributed by atoms with Crippen molar-refractivity contribution in [1.82, 2.24) is 10.2 Å². The Kier molecular flexibility index (Phi) is 11.1. The molecule has 0 radical (unpaired) electrons. The van der Waals surface area contributed by atoms with Crippen LogP contribution in [0.25, 0.3) is 0 Å². The lowest BCUT2D eigenvalue weighted by atomic mass is 10.0. The van der Waals surface area contributed by atoms with Crippen LogP contribution in [0.15, 0.2) is 108 Å². The number of anilines is 1. The van der Waals surface area contributed by atoms with Crippen molar-refractivity contribution < 1.29 is 27.5 Å². The molecule has 2 amide bonds. The van der Waals surface area contributed by atoms with Crippen LogP contribution in [0.3, 0.4) is 0 Å². The Morgan fingerprint density at radius 2 is 1.49 bits per heavy atom. The summed E-state index contributed by atoms with van der Waals surface area (Å²) in [7, 11) is -4.24. The van der Waals surface area contributed by atoms with Crippen LogP contribution in [-0.4, -0.2) is 57.0 Å². The number of sulfonamides is 1. The molecule has 5 rings (SSSR count). The molecular formula is C36H38ClN3O6S. The summed E-state index contributed by atoms with van der Waals surface area (Å²) in [5.41, 5.74) is 1.81. The molecule has 1 heterocycles. The summed E-state index contributed by atoms with van der Waals surface area (Å²) >= 11 is 6.16. The number of carbonyl (C=O) groups excluding carboxylic acids is 2. The molecule has 1 aliphatic rings. The predicted octanol–water partition coefficient (Wildman–Crippen LogP) is 5.86. The maximum atomic E-state index is 14.6. The van der Waals surface area contributed by atoms with Gasteiger partial charge in [0.15, 0.2) is 11.5 Å². The maximum absolute atomic E-state index is 14.6. The van der Waals surface area contributed by atoms with E-state index in [9.17, 15) is 18.0 Å². The van der Waals surface area contributed by atoms with Crippen molar-refractivity contribution in [3.8, 4) is 11.5 Å². The van der Waals surface area contributed by atoms with Crippen molar-refractivity contribution in [3.05, 3.63) is 119 Å². The van der Waals surface area contributed by atoms with E-state index >= 15 is 0 Å². The molecule has 0 aromatic heterocycles. The average molecular weight is 676 g/mol. The van der Waals surface area contributed by atoms with Gasteiger partial charge >= 0.3 is 0 Å². The monoisotopic (exact) mass is 675 g/mol. The van der Waals surface area contributed by atoms with E-state index in [4.69, 9.17) is 21.1 Å². The second kappa shape index (κ2) is 15.4. The Bertz CT molecular complexity index is 1770. The summed E-state index contributed by atoms with van der Waals surface area (Å²) in [5.74, 6) is -0.0309. The van der Waals surface area contributed by atoms with Gasteiger partial charge in [0.05, 0.1) is 10.6 Å². The van der Waals surface area contributed by atoms with Gasteiger partial charge in [-0.1, -0.05) is 79.2 Å². The zero-order valence-electron chi connectivity index (χ0n) is 26.3. The minimum atomic E-state index is -4.24. The van der Waals surface area contributed by atoms with Gasteiger partial charge in [-0.3, -0.25) is 13.9 Å². The number of nitrogens with zero attached hydrogens (tertiary/aromatic N) is 2. The van der Waals surface area contributed by atoms with E-state index in [0.29, 0.717) is 36.2 Å². The predicted molar refractivity (Wildman–Crippen MR) is 182 cm³/mol. The number of hydrogen-bond acceptors (Lipinski definition) is 6. The number of fused-ring (bicyclic) bond motifs is 1. The van der Waals surface area contributed by atoms with Crippen molar-refractivity contribution in [2.24, 2.45) is 0 Å². The molecule has 0 saturated heterocycles. The van der Waals surface area contributed by atoms with Crippen LogP contribution in [0.2, 0.25) is 5.02 Å². The van der Waals surface area contributed by atoms with Crippen molar-refractivity contribution in [1.29, 1.82) is 0 Å². The molecule has 246 valence electrons. The standard InChI is InChI=1S/C36H38ClN3O6S/c1-3-26(2)38-36(42)32(22-27-10-6-4-7-11-27)39(24-28-14-16-29(37)17-15-28)35(41)25-40(47(43,44)31-12-8-5-9-13-31)30-18-19-33-34(23-30)46-21-20-45-33/h4-19,23,26,32H,3,20-22,24-25H2,1-2H3,(H,38,42)/t26-,32-/m0/s1. The Morgan fingerprint density at radius 1 is 0.851 bits per heavy atom. The molecule has 11 heteroatoms. The minimum absolute atomic E-state index is 0.0160. The number of benzene rings is 4. The molecule has 0 aliphatic carbocycles. The quantitative estimate of drug-likeness (QED) is 0.190. The van der Waals surface area contributed by atoms with Crippen molar-refractivity contribution >= 4 is 39.1 Å². The highest BCUT2D eigenvalue weighted by Gasteiger charge is 2.35. The number of halogens is 1. The summed E-state index contributed by atoms with van der Waals surface area (Å²) in [4.78, 5) is 30.0. The van der Waals surface area contributed by atoms with Gasteiger partial charge in [-0.15, -0.1) is 0 Å². The average Bonchev–Trinajstić information content (AvgIpc) is 3.09. The van der Waals surface area contributed by atoms with Gasteiger partial charge in [-0.05, 0) is 60.9 Å². The van der Waals surface area contributed by atoms with Crippen LogP contribution in [0.4, 0.5) is 5.69 Å². The number of rotatable bonds is 13. The third kappa shape index (κ3) is 8.44. The molecule has 4 aromatic carbocycles. The first kappa shape index (κ1) is 33.8. The van der Waals surface area contributed by atoms with E-state index < -0.39 is 28.5 Å². The van der Waals surface area contributed by atoms with Gasteiger partial charge in [0.25, 0.3) is 10.0 Å². The molecule has 1 aliphatic heterocycles. The topological polar surface area (TPSA) is 105 Å². The number of nitrogens with one attached hydrogen (secondary N) is 1. The second-order valence-corrected chi connectivity index (χ2v) is 13.6. The largest absolute Gasteiger partial charge is 0.486 e. The first-order chi connectivity index (χ1) is 22.7. The van der Waals surface area contributed by atoms with E-state index in [0.717, 1.165) is 15.4 Å². The molecule has 0 spiro atoms. The molecule has 9 nitrogen and oxygen atoms in total. The number of ether oxygens (including phenoxy) is 2. The van der Waals surface area contributed by atoms with Crippen molar-refractivity contribution in [3.63, 3.8) is 0 Å². The molecule has 0 bridgehead atoms. The van der Waals surface area contributed by atoms with Gasteiger partial charge in [-0.2, -0.15) is 0 Å². The van der Waals surface area contributed by atoms with Gasteiger partial charge in [-0.25, -0.2) is 8.42 Å². The third-order valence-electron chi connectivity index (χ3n) is 7.96. The fraction of sp³-hybridized carbons (Fsp3) is 0.278. The normalized spacial score (nSPS) is 13.7. The lowest BCUT2D eigenvalue weighted by molar-refractivity contribution is -0.140. The van der Waals surface area contributed by atoms with Crippen LogP contribution in [0.5, 0.6) is 11.5 Å². The highest BCUT2D eigenvalue weighted by Crippen LogP contribution is 2.36. The number of amides is 2. The van der Waals surface area contributed by atoms with Gasteiger partial charge in [0, 0.05) is 30.1 Å². The Morgan fingerprint density at radius 3 is 2.15 bits per heavy atom. The first-order valence-corrected chi connectivity index (χ1v) is 17.3. The summed E-state index contributed by atoms with van der Waals surface area (Å²) in [6.45, 7) is 4.01. The summed E-state index contributed by atoms with van der Waals surface area (Å²) < 4.78 is 40.9. The minimum Gasteiger partial charge on any atom is -0.486 e. The first-order valence-electron chi connectivity index (χ1n) is 15.5. The van der Waals surface area contributed by atoms with E-state index in [2.05, 4.69) is 5.32 Å². The molecule has 4 aromatic rings. The Hall–Kier alpha value is -4.54. The number of carbonyl (C=O) groups is 2. The maximum Gasteiger partial charge on any atom is 0.264 e. The van der Waals surface area contributed by atoms with Crippen LogP contribution < -0.4 is 19.1 Å². The van der Waals surface area contributed by atoms with Gasteiger partial charge in [0.1, 0.15) is 25.8 Å². The summed E-state index contributed by atoms with van der Waals surface area (Å²) in [6, 6.07) is 28.0. The second-order valence-electron chi connectivity index (χ2n) is 11.3. The molecular weight excluding hydrogens is 638 g/mol. The fourth-order valence-corrected chi connectivity index (χ4v) is 6.77. The zero-order valence-corrected chi connectivity index (χ0v) is 27.9. The Balaban J connectivity index is 1.58. The van der Waals surface area contributed by atoms with E-state index in [1.807, 2.05) is 44.2 Å². The van der Waals surface area contributed by atoms with E-state index in [1.54, 1.807) is 60.7 Å². The highest BCUT2D eigenvalue weighted by atomic mass is 35.5. The van der Waals surface area contributed by atoms with Crippen LogP contribution in [0.1, 0.15) is 31.4 Å². The van der Waals surface area contributed by atoms with E-state index in [-0.39, 0.29) is 35.5 Å². The molecule has 1 N–H and O–H groups in total. The van der Waals surface area contributed by atoms with E-state index in [1.165, 1.54) is 17.0 Å². The lowest BCUT2D eigenvalue weighted by Crippen LogP contribution is -2.54. The zero-order chi connectivity index (χ0) is 33.4. The fourth-order valence-electron chi connectivity index (χ4n) is 5.22.